The summed E-state index contributed by atoms with van der Waals surface area (Å²) in [5.41, 5.74) is 0. The molecular formula is C56H90O6. The van der Waals surface area contributed by atoms with Crippen LogP contribution in [0, 0.1) is 0 Å². The van der Waals surface area contributed by atoms with Crippen LogP contribution in [0.4, 0.5) is 0 Å². The highest BCUT2D eigenvalue weighted by Crippen LogP contribution is 2.12. The molecule has 62 heavy (non-hydrogen) atoms. The predicted octanol–water partition coefficient (Wildman–Crippen LogP) is 16.4. The Kier molecular flexibility index (Phi) is 46.6. The van der Waals surface area contributed by atoms with Crippen LogP contribution in [0.3, 0.4) is 0 Å². The van der Waals surface area contributed by atoms with Crippen molar-refractivity contribution < 1.29 is 28.6 Å². The molecule has 0 aliphatic rings. The molecule has 6 heteroatoms. The zero-order valence-corrected chi connectivity index (χ0v) is 39.8. The van der Waals surface area contributed by atoms with Crippen molar-refractivity contribution >= 4 is 17.9 Å². The van der Waals surface area contributed by atoms with Crippen LogP contribution < -0.4 is 0 Å². The Balaban J connectivity index is 4.60. The van der Waals surface area contributed by atoms with E-state index in [4.69, 9.17) is 14.2 Å². The average molecular weight is 859 g/mol. The van der Waals surface area contributed by atoms with E-state index >= 15 is 0 Å². The van der Waals surface area contributed by atoms with E-state index in [2.05, 4.69) is 112 Å². The summed E-state index contributed by atoms with van der Waals surface area (Å²) in [4.78, 5) is 37.8. The second kappa shape index (κ2) is 49.7. The largest absolute Gasteiger partial charge is 0.462 e. The molecular weight excluding hydrogens is 769 g/mol. The number of unbranched alkanes of at least 4 members (excludes halogenated alkanes) is 15. The molecule has 0 amide bonds. The third kappa shape index (κ3) is 47.1. The highest BCUT2D eigenvalue weighted by Gasteiger charge is 2.19. The highest BCUT2D eigenvalue weighted by atomic mass is 16.6. The van der Waals surface area contributed by atoms with Gasteiger partial charge in [-0.2, -0.15) is 0 Å². The van der Waals surface area contributed by atoms with Gasteiger partial charge in [0.25, 0.3) is 0 Å². The van der Waals surface area contributed by atoms with E-state index in [1.54, 1.807) is 0 Å². The molecule has 0 aromatic heterocycles. The predicted molar refractivity (Wildman–Crippen MR) is 265 cm³/mol. The van der Waals surface area contributed by atoms with Crippen LogP contribution in [-0.4, -0.2) is 37.2 Å². The van der Waals surface area contributed by atoms with Gasteiger partial charge < -0.3 is 14.2 Å². The van der Waals surface area contributed by atoms with E-state index in [0.29, 0.717) is 12.8 Å². The normalized spacial score (nSPS) is 13.0. The maximum atomic E-state index is 12.8. The van der Waals surface area contributed by atoms with Crippen molar-refractivity contribution in [2.24, 2.45) is 0 Å². The number of esters is 3. The fraction of sp³-hybridized carbons (Fsp3) is 0.625. The summed E-state index contributed by atoms with van der Waals surface area (Å²) in [6, 6.07) is 0. The van der Waals surface area contributed by atoms with E-state index in [1.807, 2.05) is 18.2 Å². The van der Waals surface area contributed by atoms with E-state index in [1.165, 1.54) is 70.6 Å². The summed E-state index contributed by atoms with van der Waals surface area (Å²) >= 11 is 0. The third-order valence-corrected chi connectivity index (χ3v) is 10.0. The Hall–Kier alpha value is -3.93. The van der Waals surface area contributed by atoms with Gasteiger partial charge in [0.2, 0.25) is 0 Å². The molecule has 0 spiro atoms. The van der Waals surface area contributed by atoms with Crippen LogP contribution in [0.1, 0.15) is 207 Å². The molecule has 0 heterocycles. The van der Waals surface area contributed by atoms with Crippen molar-refractivity contribution in [3.8, 4) is 0 Å². The lowest BCUT2D eigenvalue weighted by molar-refractivity contribution is -0.166. The zero-order valence-electron chi connectivity index (χ0n) is 39.8. The van der Waals surface area contributed by atoms with E-state index in [0.717, 1.165) is 83.5 Å². The van der Waals surface area contributed by atoms with Crippen LogP contribution in [0.5, 0.6) is 0 Å². The number of ether oxygens (including phenoxy) is 3. The Morgan fingerprint density at radius 2 is 0.710 bits per heavy atom. The molecule has 0 aromatic carbocycles. The summed E-state index contributed by atoms with van der Waals surface area (Å²) < 4.78 is 16.6. The van der Waals surface area contributed by atoms with Gasteiger partial charge in [0.05, 0.1) is 0 Å². The first kappa shape index (κ1) is 58.1. The van der Waals surface area contributed by atoms with Crippen molar-refractivity contribution in [2.75, 3.05) is 13.2 Å². The highest BCUT2D eigenvalue weighted by molar-refractivity contribution is 5.71. The van der Waals surface area contributed by atoms with Crippen molar-refractivity contribution in [1.29, 1.82) is 0 Å². The molecule has 6 nitrogen and oxygen atoms in total. The van der Waals surface area contributed by atoms with Gasteiger partial charge in [0.15, 0.2) is 6.10 Å². The Morgan fingerprint density at radius 1 is 0.355 bits per heavy atom. The summed E-state index contributed by atoms with van der Waals surface area (Å²) in [5.74, 6) is -1.10. The standard InChI is InChI=1S/C56H90O6/c1-4-7-10-13-16-19-22-25-27-29-31-34-37-40-43-46-49-55(58)61-52-53(51-60-54(57)48-45-42-39-36-33-30-24-21-18-15-12-9-6-3)62-56(59)50-47-44-41-38-35-32-28-26-23-20-17-14-11-8-5-2/h7,10,16-17,19-20,23,25-27,30-31,33-34,39-40,42-43,53H,4-6,8-9,11-15,18,21-22,24,28-29,32,35-38,41,44-52H2,1-3H3/b10-7+,19-16+,20-17+,26-23+,27-25+,33-30+,34-31+,42-39+,43-40+. The van der Waals surface area contributed by atoms with Crippen LogP contribution in [0.25, 0.3) is 0 Å². The SMILES string of the molecule is CC/C=C/C/C=C/C/C=C/C/C=C/C/C=C/CCC(=O)OCC(COC(=O)CC/C=C/C/C=C/CCCCCCCC)OC(=O)CCCCCCCC/C=C/C=C/CCCCC. The molecule has 0 radical (unpaired) electrons. The summed E-state index contributed by atoms with van der Waals surface area (Å²) in [6.45, 7) is 6.34. The minimum absolute atomic E-state index is 0.138. The van der Waals surface area contributed by atoms with Gasteiger partial charge in [-0.05, 0) is 96.3 Å². The van der Waals surface area contributed by atoms with Crippen molar-refractivity contribution in [2.45, 2.75) is 213 Å². The molecule has 1 unspecified atom stereocenters. The zero-order chi connectivity index (χ0) is 45.1. The second-order valence-corrected chi connectivity index (χ2v) is 16.0. The fourth-order valence-corrected chi connectivity index (χ4v) is 6.30. The van der Waals surface area contributed by atoms with Gasteiger partial charge in [0.1, 0.15) is 13.2 Å². The van der Waals surface area contributed by atoms with Crippen LogP contribution >= 0.6 is 0 Å². The first-order chi connectivity index (χ1) is 30.5. The van der Waals surface area contributed by atoms with Crippen molar-refractivity contribution in [3.05, 3.63) is 109 Å². The molecule has 350 valence electrons. The van der Waals surface area contributed by atoms with Gasteiger partial charge in [0, 0.05) is 19.3 Å². The van der Waals surface area contributed by atoms with Crippen LogP contribution in [0.15, 0.2) is 109 Å². The Morgan fingerprint density at radius 3 is 1.18 bits per heavy atom. The molecule has 1 atom stereocenters. The number of hydrogen-bond acceptors (Lipinski definition) is 6. The molecule has 0 saturated heterocycles. The minimum atomic E-state index is -0.837. The van der Waals surface area contributed by atoms with E-state index < -0.39 is 6.10 Å². The summed E-state index contributed by atoms with van der Waals surface area (Å²) in [5, 5.41) is 0. The van der Waals surface area contributed by atoms with Crippen molar-refractivity contribution in [3.63, 3.8) is 0 Å². The quantitative estimate of drug-likeness (QED) is 0.0200. The molecule has 0 saturated carbocycles. The second-order valence-electron chi connectivity index (χ2n) is 16.0. The number of carbonyl (C=O) groups excluding carboxylic acids is 3. The molecule has 0 rings (SSSR count). The van der Waals surface area contributed by atoms with Gasteiger partial charge in [-0.25, -0.2) is 0 Å². The van der Waals surface area contributed by atoms with Gasteiger partial charge in [-0.3, -0.25) is 14.4 Å². The number of carbonyl (C=O) groups is 3. The maximum Gasteiger partial charge on any atom is 0.306 e. The third-order valence-electron chi connectivity index (χ3n) is 10.0. The van der Waals surface area contributed by atoms with E-state index in [9.17, 15) is 14.4 Å². The monoisotopic (exact) mass is 859 g/mol. The minimum Gasteiger partial charge on any atom is -0.462 e. The fourth-order valence-electron chi connectivity index (χ4n) is 6.30. The molecule has 0 aliphatic heterocycles. The maximum absolute atomic E-state index is 12.8. The first-order valence-electron chi connectivity index (χ1n) is 24.9. The number of allylic oxidation sites excluding steroid dienone is 18. The van der Waals surface area contributed by atoms with Crippen LogP contribution in [-0.2, 0) is 28.6 Å². The average Bonchev–Trinajstić information content (AvgIpc) is 3.27. The number of hydrogen-bond donors (Lipinski definition) is 0. The molecule has 0 aromatic rings. The Bertz CT molecular complexity index is 1310. The molecule has 0 bridgehead atoms. The van der Waals surface area contributed by atoms with E-state index in [-0.39, 0.29) is 50.4 Å². The summed E-state index contributed by atoms with van der Waals surface area (Å²) in [7, 11) is 0. The molecule has 0 N–H and O–H groups in total. The Labute approximate surface area is 380 Å². The first-order valence-corrected chi connectivity index (χ1v) is 24.9. The topological polar surface area (TPSA) is 78.9 Å². The van der Waals surface area contributed by atoms with Crippen LogP contribution in [0.2, 0.25) is 0 Å². The smallest absolute Gasteiger partial charge is 0.306 e. The lowest BCUT2D eigenvalue weighted by atomic mass is 10.1. The molecule has 0 fully saturated rings. The lowest BCUT2D eigenvalue weighted by Crippen LogP contribution is -2.30. The molecule has 0 aliphatic carbocycles. The van der Waals surface area contributed by atoms with Gasteiger partial charge in [-0.15, -0.1) is 0 Å². The van der Waals surface area contributed by atoms with Gasteiger partial charge >= 0.3 is 17.9 Å². The van der Waals surface area contributed by atoms with Crippen molar-refractivity contribution in [1.82, 2.24) is 0 Å². The van der Waals surface area contributed by atoms with Gasteiger partial charge in [-0.1, -0.05) is 201 Å². The number of rotatable bonds is 43. The summed E-state index contributed by atoms with van der Waals surface area (Å²) in [6.07, 6.45) is 66.6. The lowest BCUT2D eigenvalue weighted by Gasteiger charge is -2.18.